The van der Waals surface area contributed by atoms with E-state index < -0.39 is 10.8 Å². The Morgan fingerprint density at radius 2 is 1.76 bits per heavy atom. The topological polar surface area (TPSA) is 37.4 Å². The van der Waals surface area contributed by atoms with Gasteiger partial charge in [-0.15, -0.1) is 0 Å². The average Bonchev–Trinajstić information content (AvgIpc) is 2.49. The van der Waals surface area contributed by atoms with Crippen LogP contribution in [-0.2, 0) is 22.0 Å². The fourth-order valence-electron chi connectivity index (χ4n) is 3.01. The molecule has 1 fully saturated rings. The maximum Gasteiger partial charge on any atom is 0.229 e. The van der Waals surface area contributed by atoms with Gasteiger partial charge in [-0.25, -0.2) is 0 Å². The Kier molecular flexibility index (Phi) is 5.97. The number of amides is 1. The van der Waals surface area contributed by atoms with Crippen molar-refractivity contribution >= 4 is 16.7 Å². The van der Waals surface area contributed by atoms with Gasteiger partial charge in [0.2, 0.25) is 5.91 Å². The molecule has 1 aliphatic rings. The van der Waals surface area contributed by atoms with Crippen molar-refractivity contribution in [3.63, 3.8) is 0 Å². The molecule has 1 aliphatic heterocycles. The fourth-order valence-corrected chi connectivity index (χ4v) is 4.27. The Bertz CT molecular complexity index is 489. The van der Waals surface area contributed by atoms with Gasteiger partial charge in [0.05, 0.1) is 5.92 Å². The van der Waals surface area contributed by atoms with Crippen LogP contribution in [0.2, 0.25) is 0 Å². The minimum atomic E-state index is -0.933. The van der Waals surface area contributed by atoms with Crippen LogP contribution in [0.3, 0.4) is 0 Å². The molecule has 21 heavy (non-hydrogen) atoms. The van der Waals surface area contributed by atoms with Gasteiger partial charge in [-0.05, 0) is 24.8 Å². The number of aryl methyl sites for hydroxylation is 1. The van der Waals surface area contributed by atoms with Gasteiger partial charge in [0, 0.05) is 23.6 Å². The fraction of sp³-hybridized carbons (Fsp3) is 0.588. The molecule has 1 unspecified atom stereocenters. The number of likely N-dealkylation sites (tertiary alicyclic amines) is 1. The predicted octanol–water partition coefficient (Wildman–Crippen LogP) is 2.97. The highest BCUT2D eigenvalue weighted by atomic mass is 32.2. The summed E-state index contributed by atoms with van der Waals surface area (Å²) in [5.74, 6) is 0.105. The van der Waals surface area contributed by atoms with Crippen molar-refractivity contribution in [3.8, 4) is 0 Å². The molecule has 1 aromatic rings. The first-order valence-electron chi connectivity index (χ1n) is 7.78. The number of rotatable bonds is 8. The second kappa shape index (κ2) is 7.74. The lowest BCUT2D eigenvalue weighted by molar-refractivity contribution is -0.149. The number of nitrogens with zero attached hydrogens (tertiary/aromatic N) is 1. The van der Waals surface area contributed by atoms with E-state index in [1.54, 1.807) is 11.2 Å². The summed E-state index contributed by atoms with van der Waals surface area (Å²) in [4.78, 5) is 13.6. The largest absolute Gasteiger partial charge is 0.327 e. The maximum absolute atomic E-state index is 11.8. The molecule has 4 heteroatoms. The van der Waals surface area contributed by atoms with Crippen LogP contribution in [0.25, 0.3) is 0 Å². The number of hydrogen-bond acceptors (Lipinski definition) is 2. The molecule has 0 bridgehead atoms. The van der Waals surface area contributed by atoms with E-state index in [1.807, 2.05) is 13.0 Å². The number of unbranched alkanes of at least 4 members (excludes halogenated alkanes) is 3. The third-order valence-electron chi connectivity index (χ3n) is 4.20. The quantitative estimate of drug-likeness (QED) is 0.547. The SMILES string of the molecule is C[C@H]1C(=O)N(CCCCCCc2ccccc2)[C@@H]1S(C)=O. The van der Waals surface area contributed by atoms with Crippen molar-refractivity contribution in [2.75, 3.05) is 12.8 Å². The molecule has 3 atom stereocenters. The highest BCUT2D eigenvalue weighted by Crippen LogP contribution is 2.28. The molecule has 1 heterocycles. The number of carbonyl (C=O) groups excluding carboxylic acids is 1. The zero-order chi connectivity index (χ0) is 15.2. The number of benzene rings is 1. The summed E-state index contributed by atoms with van der Waals surface area (Å²) in [6.07, 6.45) is 7.35. The van der Waals surface area contributed by atoms with Gasteiger partial charge in [0.15, 0.2) is 0 Å². The smallest absolute Gasteiger partial charge is 0.229 e. The van der Waals surface area contributed by atoms with Crippen LogP contribution in [0.5, 0.6) is 0 Å². The Labute approximate surface area is 130 Å². The first-order chi connectivity index (χ1) is 10.1. The molecule has 0 N–H and O–H groups in total. The molecule has 1 aromatic carbocycles. The lowest BCUT2D eigenvalue weighted by Gasteiger charge is -2.44. The molecule has 0 aromatic heterocycles. The highest BCUT2D eigenvalue weighted by molar-refractivity contribution is 7.85. The summed E-state index contributed by atoms with van der Waals surface area (Å²) >= 11 is 0. The van der Waals surface area contributed by atoms with Gasteiger partial charge >= 0.3 is 0 Å². The Balaban J connectivity index is 1.60. The van der Waals surface area contributed by atoms with Crippen LogP contribution >= 0.6 is 0 Å². The van der Waals surface area contributed by atoms with Crippen LogP contribution in [-0.4, -0.2) is 33.2 Å². The number of β-lactam (4-membered cyclic amide) rings is 1. The molecule has 1 saturated heterocycles. The molecule has 0 saturated carbocycles. The van der Waals surface area contributed by atoms with E-state index >= 15 is 0 Å². The van der Waals surface area contributed by atoms with Gasteiger partial charge in [0.1, 0.15) is 5.37 Å². The first kappa shape index (κ1) is 16.2. The first-order valence-corrected chi connectivity index (χ1v) is 9.40. The molecular weight excluding hydrogens is 282 g/mol. The van der Waals surface area contributed by atoms with Crippen LogP contribution in [0.15, 0.2) is 30.3 Å². The minimum absolute atomic E-state index is 0.0539. The summed E-state index contributed by atoms with van der Waals surface area (Å²) in [5.41, 5.74) is 1.39. The van der Waals surface area contributed by atoms with Crippen molar-refractivity contribution in [2.24, 2.45) is 5.92 Å². The predicted molar refractivity (Wildman–Crippen MR) is 87.3 cm³/mol. The molecule has 0 spiro atoms. The van der Waals surface area contributed by atoms with Crippen LogP contribution in [0, 0.1) is 5.92 Å². The molecule has 116 valence electrons. The molecule has 0 aliphatic carbocycles. The normalized spacial score (nSPS) is 23.0. The van der Waals surface area contributed by atoms with Crippen molar-refractivity contribution in [3.05, 3.63) is 35.9 Å². The Morgan fingerprint density at radius 3 is 2.43 bits per heavy atom. The molecule has 0 radical (unpaired) electrons. The van der Waals surface area contributed by atoms with E-state index in [-0.39, 0.29) is 17.2 Å². The van der Waals surface area contributed by atoms with Gasteiger partial charge in [-0.2, -0.15) is 0 Å². The zero-order valence-electron chi connectivity index (χ0n) is 13.0. The summed E-state index contributed by atoms with van der Waals surface area (Å²) < 4.78 is 11.6. The van der Waals surface area contributed by atoms with Gasteiger partial charge in [-0.1, -0.05) is 50.1 Å². The Morgan fingerprint density at radius 1 is 1.10 bits per heavy atom. The van der Waals surface area contributed by atoms with E-state index in [4.69, 9.17) is 0 Å². The molecule has 1 amide bonds. The van der Waals surface area contributed by atoms with Gasteiger partial charge in [-0.3, -0.25) is 9.00 Å². The average molecular weight is 307 g/mol. The zero-order valence-corrected chi connectivity index (χ0v) is 13.8. The van der Waals surface area contributed by atoms with Crippen molar-refractivity contribution in [1.82, 2.24) is 4.90 Å². The van der Waals surface area contributed by atoms with Gasteiger partial charge < -0.3 is 4.90 Å². The molecule has 2 rings (SSSR count). The second-order valence-electron chi connectivity index (χ2n) is 5.86. The standard InChI is InChI=1S/C17H25NO2S/c1-14-16(19)18(17(14)21(2)20)13-9-4-3-6-10-15-11-7-5-8-12-15/h5,7-8,11-12,14,17H,3-4,6,9-10,13H2,1-2H3/t14-,17+,21?/m0/s1. The summed E-state index contributed by atoms with van der Waals surface area (Å²) in [6.45, 7) is 2.64. The maximum atomic E-state index is 11.8. The summed E-state index contributed by atoms with van der Waals surface area (Å²) in [6, 6.07) is 10.5. The van der Waals surface area contributed by atoms with E-state index in [1.165, 1.54) is 18.4 Å². The van der Waals surface area contributed by atoms with Crippen molar-refractivity contribution in [1.29, 1.82) is 0 Å². The summed E-state index contributed by atoms with van der Waals surface area (Å²) in [5, 5.41) is -0.0539. The lowest BCUT2D eigenvalue weighted by atomic mass is 10.00. The van der Waals surface area contributed by atoms with E-state index in [0.29, 0.717) is 0 Å². The third-order valence-corrected chi connectivity index (χ3v) is 5.55. The molecular formula is C17H25NO2S. The number of hydrogen-bond donors (Lipinski definition) is 0. The molecule has 3 nitrogen and oxygen atoms in total. The lowest BCUT2D eigenvalue weighted by Crippen LogP contribution is -2.61. The van der Waals surface area contributed by atoms with E-state index in [9.17, 15) is 9.00 Å². The second-order valence-corrected chi connectivity index (χ2v) is 7.34. The van der Waals surface area contributed by atoms with E-state index in [0.717, 1.165) is 25.8 Å². The van der Waals surface area contributed by atoms with Crippen LogP contribution in [0.4, 0.5) is 0 Å². The Hall–Kier alpha value is -1.16. The van der Waals surface area contributed by atoms with Crippen molar-refractivity contribution < 1.29 is 9.00 Å². The van der Waals surface area contributed by atoms with E-state index in [2.05, 4.69) is 24.3 Å². The summed E-state index contributed by atoms with van der Waals surface area (Å²) in [7, 11) is -0.933. The van der Waals surface area contributed by atoms with Gasteiger partial charge in [0.25, 0.3) is 0 Å². The highest BCUT2D eigenvalue weighted by Gasteiger charge is 2.45. The minimum Gasteiger partial charge on any atom is -0.327 e. The van der Waals surface area contributed by atoms with Crippen molar-refractivity contribution in [2.45, 2.75) is 44.4 Å². The third kappa shape index (κ3) is 4.16. The monoisotopic (exact) mass is 307 g/mol. The number of carbonyl (C=O) groups is 1. The van der Waals surface area contributed by atoms with Crippen LogP contribution < -0.4 is 0 Å². The van der Waals surface area contributed by atoms with Crippen LogP contribution in [0.1, 0.15) is 38.2 Å².